The first-order chi connectivity index (χ1) is 15.3. The molecule has 1 aromatic rings. The van der Waals surface area contributed by atoms with Crippen molar-refractivity contribution in [3.8, 4) is 5.75 Å². The number of halogens is 5. The van der Waals surface area contributed by atoms with Gasteiger partial charge < -0.3 is 9.47 Å². The van der Waals surface area contributed by atoms with Gasteiger partial charge in [-0.1, -0.05) is 150 Å². The Kier molecular flexibility index (Phi) is 11.7. The standard InChI is InChI=1S/C24H27I5O4/c1-13(25)17-10-18(14(2)26)12-23(11-17,16(4)28)24(29,22(31)32-5)19-6-8-20(9-7-19)33-21(30)15(3)27/h6-11,13-16H,12H2,1-5H3. The van der Waals surface area contributed by atoms with Crippen molar-refractivity contribution in [1.82, 2.24) is 0 Å². The van der Waals surface area contributed by atoms with Crippen LogP contribution in [0, 0.1) is 5.41 Å². The number of carbonyl (C=O) groups excluding carboxylic acids is 2. The molecule has 182 valence electrons. The molecule has 0 radical (unpaired) electrons. The smallest absolute Gasteiger partial charge is 0.327 e. The van der Waals surface area contributed by atoms with Crippen LogP contribution in [-0.4, -0.2) is 34.7 Å². The molecule has 6 unspecified atom stereocenters. The number of alkyl halides is 5. The lowest BCUT2D eigenvalue weighted by Crippen LogP contribution is -2.52. The first-order valence-corrected chi connectivity index (χ1v) is 16.4. The van der Waals surface area contributed by atoms with E-state index in [1.807, 2.05) is 34.7 Å². The highest BCUT2D eigenvalue weighted by Crippen LogP contribution is 2.59. The maximum atomic E-state index is 13.6. The van der Waals surface area contributed by atoms with Crippen molar-refractivity contribution < 1.29 is 19.1 Å². The lowest BCUT2D eigenvalue weighted by atomic mass is 9.63. The summed E-state index contributed by atoms with van der Waals surface area (Å²) in [5.41, 5.74) is 2.89. The van der Waals surface area contributed by atoms with Crippen molar-refractivity contribution in [2.75, 3.05) is 7.11 Å². The van der Waals surface area contributed by atoms with Crippen molar-refractivity contribution in [3.63, 3.8) is 0 Å². The number of esters is 2. The quantitative estimate of drug-likeness (QED) is 0.115. The van der Waals surface area contributed by atoms with E-state index in [4.69, 9.17) is 9.47 Å². The van der Waals surface area contributed by atoms with Gasteiger partial charge in [-0.15, -0.1) is 0 Å². The SMILES string of the molecule is COC(=O)C(I)(c1ccc(OC(=O)C(C)I)cc1)C1(C(C)I)C=C(C(C)I)C=C(C(C)I)C1. The van der Waals surface area contributed by atoms with E-state index >= 15 is 0 Å². The van der Waals surface area contributed by atoms with Crippen LogP contribution in [0.3, 0.4) is 0 Å². The summed E-state index contributed by atoms with van der Waals surface area (Å²) >= 11 is 11.7. The Labute approximate surface area is 264 Å². The Morgan fingerprint density at radius 2 is 1.58 bits per heavy atom. The Hall–Kier alpha value is 1.29. The molecule has 0 heterocycles. The molecule has 1 aliphatic carbocycles. The zero-order valence-corrected chi connectivity index (χ0v) is 29.8. The van der Waals surface area contributed by atoms with E-state index in [-0.39, 0.29) is 19.8 Å². The minimum absolute atomic E-state index is 0.132. The van der Waals surface area contributed by atoms with Gasteiger partial charge in [0.2, 0.25) is 0 Å². The summed E-state index contributed by atoms with van der Waals surface area (Å²) in [5, 5.41) is 0. The van der Waals surface area contributed by atoms with Gasteiger partial charge in [-0.25, -0.2) is 0 Å². The number of hydrogen-bond acceptors (Lipinski definition) is 4. The summed E-state index contributed by atoms with van der Waals surface area (Å²) < 4.78 is 10.4. The minimum atomic E-state index is -0.971. The average Bonchev–Trinajstić information content (AvgIpc) is 2.77. The van der Waals surface area contributed by atoms with Gasteiger partial charge in [0.15, 0.2) is 3.42 Å². The van der Waals surface area contributed by atoms with Gasteiger partial charge in [-0.05, 0) is 50.5 Å². The Bertz CT molecular complexity index is 937. The summed E-state index contributed by atoms with van der Waals surface area (Å²) in [7, 11) is 1.45. The molecule has 0 fully saturated rings. The van der Waals surface area contributed by atoms with E-state index in [0.717, 1.165) is 12.0 Å². The second-order valence-electron chi connectivity index (χ2n) is 8.14. The molecule has 0 N–H and O–H groups in total. The van der Waals surface area contributed by atoms with Gasteiger partial charge in [0.1, 0.15) is 9.67 Å². The highest BCUT2D eigenvalue weighted by Gasteiger charge is 2.59. The zero-order valence-electron chi connectivity index (χ0n) is 19.0. The van der Waals surface area contributed by atoms with Crippen LogP contribution < -0.4 is 4.74 Å². The molecule has 0 amide bonds. The lowest BCUT2D eigenvalue weighted by molar-refractivity contribution is -0.146. The van der Waals surface area contributed by atoms with Crippen LogP contribution in [0.2, 0.25) is 0 Å². The topological polar surface area (TPSA) is 52.6 Å². The predicted molar refractivity (Wildman–Crippen MR) is 177 cm³/mol. The fourth-order valence-corrected chi connectivity index (χ4v) is 7.64. The molecule has 0 bridgehead atoms. The maximum Gasteiger partial charge on any atom is 0.327 e. The van der Waals surface area contributed by atoms with E-state index in [9.17, 15) is 9.59 Å². The number of benzene rings is 1. The predicted octanol–water partition coefficient (Wildman–Crippen LogP) is 7.93. The minimum Gasteiger partial charge on any atom is -0.468 e. The average molecular weight is 1010 g/mol. The first kappa shape index (κ1) is 30.5. The third kappa shape index (κ3) is 6.60. The largest absolute Gasteiger partial charge is 0.468 e. The van der Waals surface area contributed by atoms with Crippen LogP contribution in [0.1, 0.15) is 39.7 Å². The van der Waals surface area contributed by atoms with E-state index in [1.165, 1.54) is 18.3 Å². The molecule has 0 spiro atoms. The summed E-state index contributed by atoms with van der Waals surface area (Å²) in [4.78, 5) is 25.6. The van der Waals surface area contributed by atoms with Gasteiger partial charge in [-0.2, -0.15) is 0 Å². The van der Waals surface area contributed by atoms with E-state index < -0.39 is 8.84 Å². The fraction of sp³-hybridized carbons (Fsp3) is 0.500. The van der Waals surface area contributed by atoms with Crippen molar-refractivity contribution in [1.29, 1.82) is 0 Å². The van der Waals surface area contributed by atoms with Crippen molar-refractivity contribution in [2.45, 2.75) is 53.2 Å². The lowest BCUT2D eigenvalue weighted by Gasteiger charge is -2.49. The number of hydrogen-bond donors (Lipinski definition) is 0. The molecule has 0 saturated carbocycles. The summed E-state index contributed by atoms with van der Waals surface area (Å²) in [6.07, 6.45) is 5.36. The van der Waals surface area contributed by atoms with Gasteiger partial charge in [0.25, 0.3) is 0 Å². The Balaban J connectivity index is 2.71. The molecular weight excluding hydrogens is 987 g/mol. The van der Waals surface area contributed by atoms with Gasteiger partial charge in [0, 0.05) is 17.2 Å². The van der Waals surface area contributed by atoms with Crippen LogP contribution in [0.4, 0.5) is 0 Å². The molecular formula is C24H27I5O4. The fourth-order valence-electron chi connectivity index (χ4n) is 3.90. The molecule has 2 rings (SSSR count). The van der Waals surface area contributed by atoms with Gasteiger partial charge in [0.05, 0.1) is 7.11 Å². The van der Waals surface area contributed by atoms with Crippen LogP contribution in [0.15, 0.2) is 47.6 Å². The maximum absolute atomic E-state index is 13.6. The van der Waals surface area contributed by atoms with E-state index in [2.05, 4.69) is 123 Å². The molecule has 6 atom stereocenters. The van der Waals surface area contributed by atoms with E-state index in [1.54, 1.807) is 19.1 Å². The molecule has 0 aromatic heterocycles. The third-order valence-electron chi connectivity index (χ3n) is 5.86. The van der Waals surface area contributed by atoms with Crippen LogP contribution in [0.25, 0.3) is 0 Å². The second kappa shape index (κ2) is 12.7. The second-order valence-corrected chi connectivity index (χ2v) is 17.2. The van der Waals surface area contributed by atoms with Crippen molar-refractivity contribution >= 4 is 125 Å². The molecule has 0 saturated heterocycles. The van der Waals surface area contributed by atoms with E-state index in [0.29, 0.717) is 13.6 Å². The van der Waals surface area contributed by atoms with Crippen LogP contribution in [-0.2, 0) is 17.7 Å². The molecule has 4 nitrogen and oxygen atoms in total. The molecule has 33 heavy (non-hydrogen) atoms. The summed E-state index contributed by atoms with van der Waals surface area (Å²) in [6, 6.07) is 7.30. The highest BCUT2D eigenvalue weighted by atomic mass is 127. The van der Waals surface area contributed by atoms with Gasteiger partial charge in [-0.3, -0.25) is 9.59 Å². The number of carbonyl (C=O) groups is 2. The molecule has 1 aliphatic rings. The highest BCUT2D eigenvalue weighted by molar-refractivity contribution is 14.1. The van der Waals surface area contributed by atoms with Crippen molar-refractivity contribution in [2.24, 2.45) is 5.41 Å². The number of methoxy groups -OCH3 is 1. The molecule has 0 aliphatic heterocycles. The number of allylic oxidation sites excluding steroid dienone is 4. The summed E-state index contributed by atoms with van der Waals surface area (Å²) in [5.74, 6) is -0.109. The Morgan fingerprint density at radius 1 is 1.00 bits per heavy atom. The normalized spacial score (nSPS) is 23.8. The van der Waals surface area contributed by atoms with Crippen LogP contribution >= 0.6 is 113 Å². The number of rotatable bonds is 8. The monoisotopic (exact) mass is 1010 g/mol. The summed E-state index contributed by atoms with van der Waals surface area (Å²) in [6.45, 7) is 8.33. The third-order valence-corrected chi connectivity index (χ3v) is 11.1. The zero-order chi connectivity index (χ0) is 25.1. The first-order valence-electron chi connectivity index (χ1n) is 10.4. The van der Waals surface area contributed by atoms with Crippen LogP contribution in [0.5, 0.6) is 5.75 Å². The number of ether oxygens (including phenoxy) is 2. The van der Waals surface area contributed by atoms with Gasteiger partial charge >= 0.3 is 11.9 Å². The molecule has 9 heteroatoms. The Morgan fingerprint density at radius 3 is 2.00 bits per heavy atom. The van der Waals surface area contributed by atoms with Crippen molar-refractivity contribution in [3.05, 3.63) is 53.1 Å². The molecule has 1 aromatic carbocycles.